The molecule has 3 rings (SSSR count). The summed E-state index contributed by atoms with van der Waals surface area (Å²) in [7, 11) is 0. The minimum atomic E-state index is -0.567. The molecule has 1 saturated heterocycles. The molecule has 34 heavy (non-hydrogen) atoms. The maximum atomic E-state index is 14.2. The normalized spacial score (nSPS) is 16.9. The molecule has 4 nitrogen and oxygen atoms in total. The molecular weight excluding hydrogens is 429 g/mol. The van der Waals surface area contributed by atoms with Gasteiger partial charge in [0.05, 0.1) is 6.04 Å². The Hall–Kier alpha value is -2.95. The third-order valence-corrected chi connectivity index (χ3v) is 6.28. The molecule has 0 N–H and O–H groups in total. The van der Waals surface area contributed by atoms with Gasteiger partial charge in [-0.3, -0.25) is 4.79 Å². The van der Waals surface area contributed by atoms with Crippen molar-refractivity contribution in [2.45, 2.75) is 65.8 Å². The number of carbonyl (C=O) groups excluding carboxylic acids is 2. The Kier molecular flexibility index (Phi) is 9.03. The number of allylic oxidation sites excluding steroid dienone is 2. The molecular formula is C29H36FNO3. The van der Waals surface area contributed by atoms with Crippen LogP contribution in [0.3, 0.4) is 0 Å². The van der Waals surface area contributed by atoms with Gasteiger partial charge in [-0.05, 0) is 74.1 Å². The first-order valence-electron chi connectivity index (χ1n) is 12.2. The van der Waals surface area contributed by atoms with Crippen molar-refractivity contribution in [3.05, 3.63) is 82.7 Å². The number of nitrogens with zero attached hydrogens (tertiary/aromatic N) is 1. The number of rotatable bonds is 10. The molecule has 1 heterocycles. The smallest absolute Gasteiger partial charge is 0.416 e. The Labute approximate surface area is 202 Å². The number of halogens is 1. The van der Waals surface area contributed by atoms with Gasteiger partial charge in [-0.2, -0.15) is 0 Å². The SMILES string of the molecule is Cc1cc(CC(CCCC=CC(C)C)C(=O)N2C(=O)OCC2Cc2ccccc2)cc(C)c1F. The molecule has 0 aliphatic carbocycles. The zero-order valence-corrected chi connectivity index (χ0v) is 20.7. The molecule has 0 radical (unpaired) electrons. The zero-order valence-electron chi connectivity index (χ0n) is 20.7. The average Bonchev–Trinajstić information content (AvgIpc) is 3.16. The number of ether oxygens (including phenoxy) is 1. The monoisotopic (exact) mass is 465 g/mol. The third-order valence-electron chi connectivity index (χ3n) is 6.28. The van der Waals surface area contributed by atoms with Gasteiger partial charge in [0, 0.05) is 5.92 Å². The molecule has 182 valence electrons. The van der Waals surface area contributed by atoms with Crippen molar-refractivity contribution in [2.75, 3.05) is 6.61 Å². The highest BCUT2D eigenvalue weighted by atomic mass is 19.1. The minimum absolute atomic E-state index is 0.198. The van der Waals surface area contributed by atoms with Gasteiger partial charge in [-0.1, -0.05) is 68.5 Å². The summed E-state index contributed by atoms with van der Waals surface area (Å²) in [4.78, 5) is 27.6. The highest BCUT2D eigenvalue weighted by Crippen LogP contribution is 2.26. The number of unbranched alkanes of at least 4 members (excludes halogenated alkanes) is 1. The fourth-order valence-corrected chi connectivity index (χ4v) is 4.56. The molecule has 1 aliphatic rings. The summed E-state index contributed by atoms with van der Waals surface area (Å²) in [6, 6.07) is 13.1. The first-order chi connectivity index (χ1) is 16.3. The van der Waals surface area contributed by atoms with Crippen LogP contribution in [0.2, 0.25) is 0 Å². The van der Waals surface area contributed by atoms with E-state index in [1.54, 1.807) is 13.8 Å². The molecule has 2 unspecified atom stereocenters. The molecule has 2 atom stereocenters. The Morgan fingerprint density at radius 3 is 2.47 bits per heavy atom. The first-order valence-corrected chi connectivity index (χ1v) is 12.2. The van der Waals surface area contributed by atoms with E-state index < -0.39 is 6.09 Å². The molecule has 0 aromatic heterocycles. The van der Waals surface area contributed by atoms with Gasteiger partial charge in [0.1, 0.15) is 12.4 Å². The van der Waals surface area contributed by atoms with Gasteiger partial charge in [0.25, 0.3) is 0 Å². The van der Waals surface area contributed by atoms with E-state index in [0.717, 1.165) is 24.0 Å². The molecule has 0 saturated carbocycles. The Bertz CT molecular complexity index is 992. The summed E-state index contributed by atoms with van der Waals surface area (Å²) in [5, 5.41) is 0. The van der Waals surface area contributed by atoms with Crippen LogP contribution in [-0.4, -0.2) is 29.5 Å². The van der Waals surface area contributed by atoms with E-state index in [-0.39, 0.29) is 30.3 Å². The number of amides is 2. The Morgan fingerprint density at radius 1 is 1.15 bits per heavy atom. The van der Waals surface area contributed by atoms with Gasteiger partial charge >= 0.3 is 6.09 Å². The summed E-state index contributed by atoms with van der Waals surface area (Å²) in [5.41, 5.74) is 3.12. The van der Waals surface area contributed by atoms with Crippen LogP contribution in [0.1, 0.15) is 55.4 Å². The maximum absolute atomic E-state index is 14.2. The number of cyclic esters (lactones) is 1. The molecule has 1 aliphatic heterocycles. The first kappa shape index (κ1) is 25.7. The van der Waals surface area contributed by atoms with Crippen LogP contribution in [0.4, 0.5) is 9.18 Å². The largest absolute Gasteiger partial charge is 0.447 e. The van der Waals surface area contributed by atoms with E-state index >= 15 is 0 Å². The maximum Gasteiger partial charge on any atom is 0.416 e. The van der Waals surface area contributed by atoms with Crippen LogP contribution >= 0.6 is 0 Å². The van der Waals surface area contributed by atoms with Crippen LogP contribution < -0.4 is 0 Å². The molecule has 2 aromatic carbocycles. The number of hydrogen-bond donors (Lipinski definition) is 0. The quantitative estimate of drug-likeness (QED) is 0.294. The summed E-state index contributed by atoms with van der Waals surface area (Å²) in [6.45, 7) is 7.96. The lowest BCUT2D eigenvalue weighted by molar-refractivity contribution is -0.133. The molecule has 5 heteroatoms. The predicted molar refractivity (Wildman–Crippen MR) is 133 cm³/mol. The summed E-state index contributed by atoms with van der Waals surface area (Å²) >= 11 is 0. The average molecular weight is 466 g/mol. The lowest BCUT2D eigenvalue weighted by Gasteiger charge is -2.25. The van der Waals surface area contributed by atoms with Crippen LogP contribution in [0.5, 0.6) is 0 Å². The molecule has 2 aromatic rings. The number of aryl methyl sites for hydroxylation is 2. The molecule has 1 fully saturated rings. The second-order valence-electron chi connectivity index (χ2n) is 9.68. The van der Waals surface area contributed by atoms with E-state index in [0.29, 0.717) is 36.3 Å². The standard InChI is InChI=1S/C29H36FNO3/c1-20(2)11-7-5-10-14-25(17-24-15-21(3)27(30)22(4)16-24)28(32)31-26(19-34-29(31)33)18-23-12-8-6-9-13-23/h6-9,11-13,15-16,20,25-26H,5,10,14,17-19H2,1-4H3. The lowest BCUT2D eigenvalue weighted by atomic mass is 9.90. The van der Waals surface area contributed by atoms with E-state index in [1.807, 2.05) is 42.5 Å². The molecule has 0 spiro atoms. The number of hydrogen-bond acceptors (Lipinski definition) is 3. The predicted octanol–water partition coefficient (Wildman–Crippen LogP) is 6.57. The van der Waals surface area contributed by atoms with Crippen LogP contribution in [0.25, 0.3) is 0 Å². The number of imide groups is 1. The highest BCUT2D eigenvalue weighted by molar-refractivity contribution is 5.95. The van der Waals surface area contributed by atoms with Crippen LogP contribution in [0.15, 0.2) is 54.6 Å². The van der Waals surface area contributed by atoms with E-state index in [2.05, 4.69) is 26.0 Å². The fraction of sp³-hybridized carbons (Fsp3) is 0.448. The van der Waals surface area contributed by atoms with Crippen LogP contribution in [-0.2, 0) is 22.4 Å². The molecule has 0 bridgehead atoms. The molecule has 2 amide bonds. The van der Waals surface area contributed by atoms with E-state index in [1.165, 1.54) is 4.90 Å². The number of carbonyl (C=O) groups is 2. The van der Waals surface area contributed by atoms with Crippen LogP contribution in [0, 0.1) is 31.5 Å². The zero-order chi connectivity index (χ0) is 24.7. The van der Waals surface area contributed by atoms with E-state index in [9.17, 15) is 14.0 Å². The highest BCUT2D eigenvalue weighted by Gasteiger charge is 2.40. The van der Waals surface area contributed by atoms with Gasteiger partial charge in [0.2, 0.25) is 5.91 Å². The third kappa shape index (κ3) is 6.78. The van der Waals surface area contributed by atoms with Crippen molar-refractivity contribution < 1.29 is 18.7 Å². The fourth-order valence-electron chi connectivity index (χ4n) is 4.56. The van der Waals surface area contributed by atoms with Crippen molar-refractivity contribution in [3.63, 3.8) is 0 Å². The second kappa shape index (κ2) is 12.0. The minimum Gasteiger partial charge on any atom is -0.447 e. The van der Waals surface area contributed by atoms with Gasteiger partial charge in [-0.15, -0.1) is 0 Å². The van der Waals surface area contributed by atoms with Crippen molar-refractivity contribution in [1.82, 2.24) is 4.90 Å². The van der Waals surface area contributed by atoms with Gasteiger partial charge in [0.15, 0.2) is 0 Å². The Balaban J connectivity index is 1.79. The van der Waals surface area contributed by atoms with Crippen molar-refractivity contribution in [3.8, 4) is 0 Å². The summed E-state index contributed by atoms with van der Waals surface area (Å²) in [6.07, 6.45) is 7.15. The van der Waals surface area contributed by atoms with Gasteiger partial charge in [-0.25, -0.2) is 14.1 Å². The summed E-state index contributed by atoms with van der Waals surface area (Å²) in [5.74, 6) is -0.297. The van der Waals surface area contributed by atoms with Crippen molar-refractivity contribution in [2.24, 2.45) is 11.8 Å². The summed E-state index contributed by atoms with van der Waals surface area (Å²) < 4.78 is 19.5. The topological polar surface area (TPSA) is 46.6 Å². The van der Waals surface area contributed by atoms with Crippen molar-refractivity contribution in [1.29, 1.82) is 0 Å². The Morgan fingerprint density at radius 2 is 1.82 bits per heavy atom. The van der Waals surface area contributed by atoms with Gasteiger partial charge < -0.3 is 4.74 Å². The second-order valence-corrected chi connectivity index (χ2v) is 9.68. The lowest BCUT2D eigenvalue weighted by Crippen LogP contribution is -2.44. The van der Waals surface area contributed by atoms with Crippen molar-refractivity contribution >= 4 is 12.0 Å². The number of benzene rings is 2. The van der Waals surface area contributed by atoms with E-state index in [4.69, 9.17) is 4.74 Å².